The van der Waals surface area contributed by atoms with Gasteiger partial charge in [0, 0.05) is 16.5 Å². The first kappa shape index (κ1) is 11.3. The number of nitrogens with zero attached hydrogens (tertiary/aromatic N) is 1. The highest BCUT2D eigenvalue weighted by Gasteiger charge is 2.20. The molecule has 0 aliphatic carbocycles. The van der Waals surface area contributed by atoms with E-state index >= 15 is 0 Å². The van der Waals surface area contributed by atoms with Crippen LogP contribution in [0, 0.1) is 0 Å². The molecule has 0 saturated heterocycles. The normalized spacial score (nSPS) is 13.2. The van der Waals surface area contributed by atoms with Crippen LogP contribution in [0.15, 0.2) is 22.7 Å². The van der Waals surface area contributed by atoms with Gasteiger partial charge in [-0.2, -0.15) is 5.10 Å². The van der Waals surface area contributed by atoms with Crippen LogP contribution in [0.25, 0.3) is 11.3 Å². The molecular formula is C12H9BrN2O3. The third-order valence-electron chi connectivity index (χ3n) is 2.83. The lowest BCUT2D eigenvalue weighted by Crippen LogP contribution is -1.95. The second kappa shape index (κ2) is 4.13. The summed E-state index contributed by atoms with van der Waals surface area (Å²) in [5.74, 6) is -0.233. The minimum atomic E-state index is -1.03. The maximum absolute atomic E-state index is 10.8. The van der Waals surface area contributed by atoms with E-state index in [2.05, 4.69) is 26.1 Å². The number of carbonyl (C=O) groups is 1. The Hall–Kier alpha value is -1.82. The van der Waals surface area contributed by atoms with E-state index < -0.39 is 5.97 Å². The summed E-state index contributed by atoms with van der Waals surface area (Å²) in [6.07, 6.45) is 0.859. The van der Waals surface area contributed by atoms with Crippen molar-refractivity contribution in [3.05, 3.63) is 33.9 Å². The van der Waals surface area contributed by atoms with Crippen LogP contribution in [0.2, 0.25) is 0 Å². The Balaban J connectivity index is 2.13. The number of carboxylic acid groups (broad SMARTS) is 1. The van der Waals surface area contributed by atoms with E-state index in [0.717, 1.165) is 27.8 Å². The third-order valence-corrected chi connectivity index (χ3v) is 3.29. The Morgan fingerprint density at radius 2 is 2.28 bits per heavy atom. The molecule has 0 amide bonds. The molecule has 2 heterocycles. The van der Waals surface area contributed by atoms with Gasteiger partial charge in [0.2, 0.25) is 0 Å². The summed E-state index contributed by atoms with van der Waals surface area (Å²) in [4.78, 5) is 10.8. The van der Waals surface area contributed by atoms with E-state index in [-0.39, 0.29) is 5.69 Å². The molecule has 1 aliphatic heterocycles. The van der Waals surface area contributed by atoms with Crippen LogP contribution in [0.3, 0.4) is 0 Å². The summed E-state index contributed by atoms with van der Waals surface area (Å²) in [7, 11) is 0. The molecule has 5 nitrogen and oxygen atoms in total. The zero-order chi connectivity index (χ0) is 12.7. The summed E-state index contributed by atoms with van der Waals surface area (Å²) in [6, 6.07) is 5.40. The van der Waals surface area contributed by atoms with Gasteiger partial charge in [-0.15, -0.1) is 0 Å². The first-order valence-corrected chi connectivity index (χ1v) is 6.19. The molecule has 1 aliphatic rings. The van der Waals surface area contributed by atoms with Gasteiger partial charge in [0.25, 0.3) is 0 Å². The minimum Gasteiger partial charge on any atom is -0.492 e. The molecule has 0 bridgehead atoms. The smallest absolute Gasteiger partial charge is 0.353 e. The van der Waals surface area contributed by atoms with E-state index in [0.29, 0.717) is 12.3 Å². The molecule has 92 valence electrons. The van der Waals surface area contributed by atoms with Crippen molar-refractivity contribution in [2.24, 2.45) is 0 Å². The zero-order valence-corrected chi connectivity index (χ0v) is 10.8. The second-order valence-corrected chi connectivity index (χ2v) is 4.93. The number of H-pyrrole nitrogens is 1. The maximum Gasteiger partial charge on any atom is 0.353 e. The van der Waals surface area contributed by atoms with E-state index in [1.54, 1.807) is 0 Å². The monoisotopic (exact) mass is 308 g/mol. The maximum atomic E-state index is 10.8. The van der Waals surface area contributed by atoms with E-state index in [1.165, 1.54) is 6.07 Å². The molecule has 2 N–H and O–H groups in total. The molecule has 6 heteroatoms. The first-order chi connectivity index (χ1) is 8.65. The number of aromatic amines is 1. The number of benzene rings is 1. The van der Waals surface area contributed by atoms with Gasteiger partial charge >= 0.3 is 5.97 Å². The average molecular weight is 309 g/mol. The van der Waals surface area contributed by atoms with Crippen LogP contribution in [-0.4, -0.2) is 27.9 Å². The fourth-order valence-electron chi connectivity index (χ4n) is 2.03. The lowest BCUT2D eigenvalue weighted by Gasteiger charge is -2.06. The van der Waals surface area contributed by atoms with Crippen LogP contribution in [-0.2, 0) is 6.42 Å². The average Bonchev–Trinajstić information content (AvgIpc) is 2.95. The van der Waals surface area contributed by atoms with Crippen LogP contribution in [0.4, 0.5) is 0 Å². The molecule has 1 aromatic heterocycles. The Kier molecular flexibility index (Phi) is 2.59. The topological polar surface area (TPSA) is 75.2 Å². The number of fused-ring (bicyclic) bond motifs is 1. The van der Waals surface area contributed by atoms with E-state index in [1.807, 2.05) is 12.1 Å². The quantitative estimate of drug-likeness (QED) is 0.893. The Morgan fingerprint density at radius 1 is 1.44 bits per heavy atom. The molecule has 0 fully saturated rings. The van der Waals surface area contributed by atoms with E-state index in [9.17, 15) is 4.79 Å². The van der Waals surface area contributed by atoms with Gasteiger partial charge in [0.05, 0.1) is 12.3 Å². The number of hydrogen-bond acceptors (Lipinski definition) is 3. The molecular weight excluding hydrogens is 300 g/mol. The van der Waals surface area contributed by atoms with Crippen LogP contribution < -0.4 is 4.74 Å². The van der Waals surface area contributed by atoms with Crippen LogP contribution in [0.5, 0.6) is 5.75 Å². The van der Waals surface area contributed by atoms with Crippen molar-refractivity contribution in [1.29, 1.82) is 0 Å². The largest absolute Gasteiger partial charge is 0.492 e. The van der Waals surface area contributed by atoms with Gasteiger partial charge < -0.3 is 9.84 Å². The van der Waals surface area contributed by atoms with Crippen LogP contribution in [0.1, 0.15) is 16.1 Å². The highest BCUT2D eigenvalue weighted by molar-refractivity contribution is 9.10. The SMILES string of the molecule is O=C(O)c1cc(-c2cc(Br)cc3c2OCC3)n[nH]1. The molecule has 3 rings (SSSR count). The summed E-state index contributed by atoms with van der Waals surface area (Å²) in [5, 5.41) is 15.4. The lowest BCUT2D eigenvalue weighted by molar-refractivity contribution is 0.0690. The van der Waals surface area contributed by atoms with Gasteiger partial charge in [0.1, 0.15) is 11.4 Å². The molecule has 18 heavy (non-hydrogen) atoms. The predicted octanol–water partition coefficient (Wildman–Crippen LogP) is 2.47. The highest BCUT2D eigenvalue weighted by Crippen LogP contribution is 2.38. The Labute approximate surface area is 111 Å². The Morgan fingerprint density at radius 3 is 3.00 bits per heavy atom. The number of nitrogens with one attached hydrogen (secondary N) is 1. The van der Waals surface area contributed by atoms with Crippen molar-refractivity contribution in [3.63, 3.8) is 0 Å². The predicted molar refractivity (Wildman–Crippen MR) is 67.9 cm³/mol. The number of carboxylic acids is 1. The zero-order valence-electron chi connectivity index (χ0n) is 9.24. The number of aromatic carboxylic acids is 1. The van der Waals surface area contributed by atoms with Crippen molar-refractivity contribution in [2.75, 3.05) is 6.61 Å². The summed E-state index contributed by atoms with van der Waals surface area (Å²) < 4.78 is 6.52. The van der Waals surface area contributed by atoms with E-state index in [4.69, 9.17) is 9.84 Å². The number of ether oxygens (including phenoxy) is 1. The van der Waals surface area contributed by atoms with Crippen molar-refractivity contribution < 1.29 is 14.6 Å². The molecule has 0 radical (unpaired) electrons. The minimum absolute atomic E-state index is 0.0664. The first-order valence-electron chi connectivity index (χ1n) is 5.39. The number of hydrogen-bond donors (Lipinski definition) is 2. The molecule has 0 unspecified atom stereocenters. The molecule has 2 aromatic rings. The number of rotatable bonds is 2. The summed E-state index contributed by atoms with van der Waals surface area (Å²) in [6.45, 7) is 0.648. The molecule has 0 spiro atoms. The van der Waals surface area contributed by atoms with Gasteiger partial charge in [0.15, 0.2) is 0 Å². The van der Waals surface area contributed by atoms with Crippen LogP contribution >= 0.6 is 15.9 Å². The summed E-state index contributed by atoms with van der Waals surface area (Å²) in [5.41, 5.74) is 2.56. The third kappa shape index (κ3) is 1.78. The molecule has 0 saturated carbocycles. The van der Waals surface area contributed by atoms with Crippen molar-refractivity contribution in [3.8, 4) is 17.0 Å². The van der Waals surface area contributed by atoms with Gasteiger partial charge in [-0.25, -0.2) is 4.79 Å². The van der Waals surface area contributed by atoms with Crippen molar-refractivity contribution in [1.82, 2.24) is 10.2 Å². The lowest BCUT2D eigenvalue weighted by atomic mass is 10.1. The molecule has 1 aromatic carbocycles. The molecule has 0 atom stereocenters. The second-order valence-electron chi connectivity index (χ2n) is 4.01. The van der Waals surface area contributed by atoms with Gasteiger partial charge in [-0.3, -0.25) is 5.10 Å². The van der Waals surface area contributed by atoms with Crippen molar-refractivity contribution in [2.45, 2.75) is 6.42 Å². The fourth-order valence-corrected chi connectivity index (χ4v) is 2.53. The highest BCUT2D eigenvalue weighted by atomic mass is 79.9. The number of aromatic nitrogens is 2. The van der Waals surface area contributed by atoms with Crippen molar-refractivity contribution >= 4 is 21.9 Å². The fraction of sp³-hybridized carbons (Fsp3) is 0.167. The Bertz CT molecular complexity index is 636. The standard InChI is InChI=1S/C12H9BrN2O3/c13-7-3-6-1-2-18-11(6)8(4-7)9-5-10(12(16)17)15-14-9/h3-5H,1-2H2,(H,14,15)(H,16,17). The summed E-state index contributed by atoms with van der Waals surface area (Å²) >= 11 is 3.44. The van der Waals surface area contributed by atoms with Gasteiger partial charge in [-0.1, -0.05) is 15.9 Å². The number of halogens is 1. The van der Waals surface area contributed by atoms with Gasteiger partial charge in [-0.05, 0) is 23.8 Å².